The molecule has 1 amide bonds. The molecule has 0 saturated carbocycles. The van der Waals surface area contributed by atoms with Crippen LogP contribution in [0, 0.1) is 0 Å². The van der Waals surface area contributed by atoms with Gasteiger partial charge < -0.3 is 10.7 Å². The van der Waals surface area contributed by atoms with Crippen molar-refractivity contribution in [2.75, 3.05) is 11.1 Å². The van der Waals surface area contributed by atoms with Gasteiger partial charge in [0.1, 0.15) is 5.82 Å². The van der Waals surface area contributed by atoms with E-state index in [2.05, 4.69) is 20.3 Å². The van der Waals surface area contributed by atoms with Crippen LogP contribution in [-0.2, 0) is 4.79 Å². The predicted molar refractivity (Wildman–Crippen MR) is 79.3 cm³/mol. The molecule has 0 aliphatic heterocycles. The van der Waals surface area contributed by atoms with Gasteiger partial charge >= 0.3 is 0 Å². The molecule has 102 valence electrons. The fourth-order valence-electron chi connectivity index (χ4n) is 2.27. The van der Waals surface area contributed by atoms with Crippen molar-refractivity contribution in [3.8, 4) is 0 Å². The number of benzene rings is 1. The van der Waals surface area contributed by atoms with Gasteiger partial charge in [0.2, 0.25) is 11.9 Å². The molecule has 0 aliphatic carbocycles. The van der Waals surface area contributed by atoms with E-state index in [1.54, 1.807) is 6.20 Å². The van der Waals surface area contributed by atoms with E-state index >= 15 is 0 Å². The third-order valence-electron chi connectivity index (χ3n) is 3.15. The number of aromatic amines is 1. The van der Waals surface area contributed by atoms with E-state index in [1.165, 1.54) is 0 Å². The van der Waals surface area contributed by atoms with Crippen LogP contribution in [-0.4, -0.2) is 20.9 Å². The molecule has 2 aromatic heterocycles. The van der Waals surface area contributed by atoms with Gasteiger partial charge in [0, 0.05) is 23.4 Å². The summed E-state index contributed by atoms with van der Waals surface area (Å²) >= 11 is 0. The molecule has 3 rings (SSSR count). The molecule has 0 aliphatic rings. The van der Waals surface area contributed by atoms with Crippen LogP contribution in [0.1, 0.15) is 19.8 Å². The Labute approximate surface area is 115 Å². The predicted octanol–water partition coefficient (Wildman–Crippen LogP) is 2.43. The van der Waals surface area contributed by atoms with Crippen molar-refractivity contribution in [2.45, 2.75) is 19.8 Å². The van der Waals surface area contributed by atoms with E-state index in [0.717, 1.165) is 28.2 Å². The highest BCUT2D eigenvalue weighted by molar-refractivity contribution is 6.10. The van der Waals surface area contributed by atoms with Crippen LogP contribution in [0.2, 0.25) is 0 Å². The Morgan fingerprint density at radius 2 is 2.25 bits per heavy atom. The fraction of sp³-hybridized carbons (Fsp3) is 0.214. The molecule has 0 unspecified atom stereocenters. The third-order valence-corrected chi connectivity index (χ3v) is 3.15. The molecule has 0 bridgehead atoms. The molecule has 6 nitrogen and oxygen atoms in total. The standard InChI is InChI=1S/C14H15N5O/c1-2-3-11(20)18-14-17-10-5-4-9-8(6-7-16-9)12(10)13(15)19-14/h4-7H,2-3,15H2,1H3,(H2,17,18,19,20). The van der Waals surface area contributed by atoms with Gasteiger partial charge in [0.25, 0.3) is 0 Å². The number of rotatable bonds is 3. The van der Waals surface area contributed by atoms with Crippen LogP contribution in [0.25, 0.3) is 21.8 Å². The van der Waals surface area contributed by atoms with Gasteiger partial charge in [0.05, 0.1) is 11.0 Å². The topological polar surface area (TPSA) is 96.7 Å². The lowest BCUT2D eigenvalue weighted by molar-refractivity contribution is -0.116. The minimum atomic E-state index is -0.0777. The van der Waals surface area contributed by atoms with Crippen LogP contribution in [0.15, 0.2) is 24.4 Å². The third kappa shape index (κ3) is 2.05. The lowest BCUT2D eigenvalue weighted by Crippen LogP contribution is -2.14. The summed E-state index contributed by atoms with van der Waals surface area (Å²) < 4.78 is 0. The average molecular weight is 269 g/mol. The number of nitrogens with two attached hydrogens (primary N) is 1. The summed E-state index contributed by atoms with van der Waals surface area (Å²) in [5, 5.41) is 4.50. The number of carbonyl (C=O) groups excluding carboxylic acids is 1. The molecular weight excluding hydrogens is 254 g/mol. The number of anilines is 2. The summed E-state index contributed by atoms with van der Waals surface area (Å²) in [6.07, 6.45) is 2.98. The molecular formula is C14H15N5O. The Kier molecular flexibility index (Phi) is 2.98. The second-order valence-corrected chi connectivity index (χ2v) is 4.63. The van der Waals surface area contributed by atoms with E-state index in [4.69, 9.17) is 5.73 Å². The van der Waals surface area contributed by atoms with E-state index in [0.29, 0.717) is 18.2 Å². The Hall–Kier alpha value is -2.63. The number of nitrogen functional groups attached to an aromatic ring is 1. The molecule has 6 heteroatoms. The van der Waals surface area contributed by atoms with E-state index in [9.17, 15) is 4.79 Å². The van der Waals surface area contributed by atoms with Crippen molar-refractivity contribution in [3.63, 3.8) is 0 Å². The SMILES string of the molecule is CCCC(=O)Nc1nc(N)c2c(ccc3nccc32)[nH]1. The van der Waals surface area contributed by atoms with Crippen molar-refractivity contribution in [3.05, 3.63) is 24.4 Å². The highest BCUT2D eigenvalue weighted by Gasteiger charge is 2.10. The molecule has 0 spiro atoms. The highest BCUT2D eigenvalue weighted by Crippen LogP contribution is 2.28. The largest absolute Gasteiger partial charge is 0.383 e. The summed E-state index contributed by atoms with van der Waals surface area (Å²) in [5.41, 5.74) is 7.72. The normalized spacial score (nSPS) is 11.1. The quantitative estimate of drug-likeness (QED) is 0.680. The van der Waals surface area contributed by atoms with Crippen molar-refractivity contribution in [1.29, 1.82) is 0 Å². The zero-order valence-electron chi connectivity index (χ0n) is 11.1. The van der Waals surface area contributed by atoms with Gasteiger partial charge in [0.15, 0.2) is 0 Å². The molecule has 3 aromatic rings. The second-order valence-electron chi connectivity index (χ2n) is 4.63. The number of amides is 1. The monoisotopic (exact) mass is 269 g/mol. The molecule has 0 saturated heterocycles. The number of H-pyrrole nitrogens is 1. The summed E-state index contributed by atoms with van der Waals surface area (Å²) in [5.74, 6) is 0.669. The first kappa shape index (κ1) is 12.4. The number of carbonyl (C=O) groups is 1. The van der Waals surface area contributed by atoms with E-state index in [1.807, 2.05) is 25.1 Å². The number of nitrogens with zero attached hydrogens (tertiary/aromatic N) is 2. The molecule has 0 atom stereocenters. The first-order valence-electron chi connectivity index (χ1n) is 6.52. The Bertz CT molecular complexity index is 793. The minimum Gasteiger partial charge on any atom is -0.383 e. The van der Waals surface area contributed by atoms with Crippen molar-refractivity contribution < 1.29 is 4.79 Å². The molecule has 0 radical (unpaired) electrons. The fourth-order valence-corrected chi connectivity index (χ4v) is 2.27. The number of hydrogen-bond acceptors (Lipinski definition) is 4. The summed E-state index contributed by atoms with van der Waals surface area (Å²) in [4.78, 5) is 23.2. The van der Waals surface area contributed by atoms with Gasteiger partial charge in [-0.05, 0) is 24.6 Å². The maximum Gasteiger partial charge on any atom is 0.226 e. The van der Waals surface area contributed by atoms with Gasteiger partial charge in [-0.15, -0.1) is 0 Å². The average Bonchev–Trinajstić information content (AvgIpc) is 2.86. The van der Waals surface area contributed by atoms with Gasteiger partial charge in [-0.2, -0.15) is 4.98 Å². The number of fused-ring (bicyclic) bond motifs is 3. The smallest absolute Gasteiger partial charge is 0.226 e. The zero-order chi connectivity index (χ0) is 14.1. The van der Waals surface area contributed by atoms with Gasteiger partial charge in [-0.25, -0.2) is 0 Å². The Morgan fingerprint density at radius 3 is 3.05 bits per heavy atom. The molecule has 2 heterocycles. The molecule has 0 fully saturated rings. The summed E-state index contributed by atoms with van der Waals surface area (Å²) in [6.45, 7) is 1.95. The summed E-state index contributed by atoms with van der Waals surface area (Å²) in [7, 11) is 0. The van der Waals surface area contributed by atoms with Crippen LogP contribution >= 0.6 is 0 Å². The van der Waals surface area contributed by atoms with E-state index < -0.39 is 0 Å². The number of hydrogen-bond donors (Lipinski definition) is 3. The van der Waals surface area contributed by atoms with Crippen LogP contribution in [0.5, 0.6) is 0 Å². The first-order valence-corrected chi connectivity index (χ1v) is 6.52. The van der Waals surface area contributed by atoms with Gasteiger partial charge in [-0.3, -0.25) is 15.1 Å². The number of nitrogens with one attached hydrogen (secondary N) is 2. The number of aromatic nitrogens is 3. The highest BCUT2D eigenvalue weighted by atomic mass is 16.1. The van der Waals surface area contributed by atoms with Crippen LogP contribution in [0.3, 0.4) is 0 Å². The summed E-state index contributed by atoms with van der Waals surface area (Å²) in [6, 6.07) is 5.70. The Morgan fingerprint density at radius 1 is 1.40 bits per heavy atom. The maximum atomic E-state index is 11.6. The molecule has 1 aromatic carbocycles. The van der Waals surface area contributed by atoms with E-state index in [-0.39, 0.29) is 5.91 Å². The molecule has 20 heavy (non-hydrogen) atoms. The Balaban J connectivity index is 2.10. The van der Waals surface area contributed by atoms with Gasteiger partial charge in [-0.1, -0.05) is 6.92 Å². The molecule has 4 N–H and O–H groups in total. The minimum absolute atomic E-state index is 0.0777. The van der Waals surface area contributed by atoms with Crippen molar-refractivity contribution >= 4 is 39.5 Å². The van der Waals surface area contributed by atoms with Crippen LogP contribution < -0.4 is 11.1 Å². The van der Waals surface area contributed by atoms with Crippen LogP contribution in [0.4, 0.5) is 11.8 Å². The maximum absolute atomic E-state index is 11.6. The lowest BCUT2D eigenvalue weighted by atomic mass is 10.1. The zero-order valence-corrected chi connectivity index (χ0v) is 11.1. The first-order chi connectivity index (χ1) is 9.69. The lowest BCUT2D eigenvalue weighted by Gasteiger charge is -2.08. The second kappa shape index (κ2) is 4.80. The van der Waals surface area contributed by atoms with Crippen molar-refractivity contribution in [1.82, 2.24) is 15.0 Å². The van der Waals surface area contributed by atoms with Crippen molar-refractivity contribution in [2.24, 2.45) is 0 Å².